The van der Waals surface area contributed by atoms with Crippen LogP contribution in [0.25, 0.3) is 9.75 Å². The monoisotopic (exact) mass is 462 g/mol. The molecule has 0 N–H and O–H groups in total. The maximum atomic E-state index is 2.46. The molecule has 2 heteroatoms. The molecule has 0 aliphatic heterocycles. The molecule has 0 fully saturated rings. The fourth-order valence-corrected chi connectivity index (χ4v) is 7.01. The highest BCUT2D eigenvalue weighted by molar-refractivity contribution is 7.22. The third kappa shape index (κ3) is 6.68. The normalized spacial score (nSPS) is 14.3. The minimum atomic E-state index is 1.24. The van der Waals surface area contributed by atoms with Gasteiger partial charge < -0.3 is 0 Å². The highest BCUT2D eigenvalue weighted by atomic mass is 32.1. The SMILES string of the molecule is Cc1cc(CCCCCCC2=CC=C2)c(-c2sc(C)cc2CCCCCCC2=CC=C2)s1. The van der Waals surface area contributed by atoms with Crippen molar-refractivity contribution in [2.75, 3.05) is 0 Å². The molecule has 0 unspecified atom stereocenters. The number of hydrogen-bond donors (Lipinski definition) is 0. The third-order valence-electron chi connectivity index (χ3n) is 6.63. The summed E-state index contributed by atoms with van der Waals surface area (Å²) in [4.78, 5) is 6.08. The van der Waals surface area contributed by atoms with E-state index in [2.05, 4.69) is 62.4 Å². The number of thiophene rings is 2. The van der Waals surface area contributed by atoms with Gasteiger partial charge in [0, 0.05) is 19.5 Å². The van der Waals surface area contributed by atoms with Crippen LogP contribution in [0.5, 0.6) is 0 Å². The Morgan fingerprint density at radius 2 is 0.906 bits per heavy atom. The van der Waals surface area contributed by atoms with E-state index in [1.807, 2.05) is 22.7 Å². The molecule has 2 aromatic rings. The maximum Gasteiger partial charge on any atom is 0.0480 e. The fourth-order valence-electron chi connectivity index (χ4n) is 4.68. The van der Waals surface area contributed by atoms with Crippen molar-refractivity contribution >= 4 is 22.7 Å². The second-order valence-electron chi connectivity index (χ2n) is 9.45. The summed E-state index contributed by atoms with van der Waals surface area (Å²) in [5.74, 6) is 0. The first-order valence-corrected chi connectivity index (χ1v) is 14.3. The van der Waals surface area contributed by atoms with E-state index in [9.17, 15) is 0 Å². The minimum Gasteiger partial charge on any atom is -0.139 e. The Kier molecular flexibility index (Phi) is 8.82. The predicted octanol–water partition coefficient (Wildman–Crippen LogP) is 10.1. The van der Waals surface area contributed by atoms with E-state index in [1.165, 1.54) is 98.0 Å². The van der Waals surface area contributed by atoms with E-state index in [1.54, 1.807) is 20.9 Å². The maximum absolute atomic E-state index is 2.46. The van der Waals surface area contributed by atoms with Crippen molar-refractivity contribution in [2.24, 2.45) is 0 Å². The van der Waals surface area contributed by atoms with E-state index in [-0.39, 0.29) is 0 Å². The molecule has 2 heterocycles. The Labute approximate surface area is 203 Å². The van der Waals surface area contributed by atoms with Gasteiger partial charge in [0.25, 0.3) is 0 Å². The van der Waals surface area contributed by atoms with Crippen LogP contribution in [0, 0.1) is 13.8 Å². The average Bonchev–Trinajstić information content (AvgIpc) is 3.25. The molecule has 0 radical (unpaired) electrons. The number of unbranched alkanes of at least 4 members (excludes halogenated alkanes) is 6. The van der Waals surface area contributed by atoms with Crippen LogP contribution >= 0.6 is 22.7 Å². The van der Waals surface area contributed by atoms with E-state index < -0.39 is 0 Å². The van der Waals surface area contributed by atoms with Crippen LogP contribution in [0.3, 0.4) is 0 Å². The molecule has 0 bridgehead atoms. The summed E-state index contributed by atoms with van der Waals surface area (Å²) in [6.07, 6.45) is 29.1. The summed E-state index contributed by atoms with van der Waals surface area (Å²) >= 11 is 4.04. The molecule has 2 aliphatic rings. The van der Waals surface area contributed by atoms with E-state index in [0.29, 0.717) is 0 Å². The zero-order chi connectivity index (χ0) is 22.2. The molecule has 0 saturated heterocycles. The molecule has 0 saturated carbocycles. The molecule has 0 spiro atoms. The molecular weight excluding hydrogens is 424 g/mol. The summed E-state index contributed by atoms with van der Waals surface area (Å²) in [5, 5.41) is 0. The van der Waals surface area contributed by atoms with Gasteiger partial charge in [0.05, 0.1) is 0 Å². The lowest BCUT2D eigenvalue weighted by Gasteiger charge is -2.08. The standard InChI is InChI=1S/C30H38S2/c1-23-21-27(19-9-5-3-7-13-25-15-11-16-25)29(31-23)30-28(22-24(2)32-30)20-10-6-4-8-14-26-17-12-18-26/h11-12,15-18,21-22H,3-10,13-14,19-20H2,1-2H3. The largest absolute Gasteiger partial charge is 0.139 e. The van der Waals surface area contributed by atoms with Crippen LogP contribution in [0.4, 0.5) is 0 Å². The lowest BCUT2D eigenvalue weighted by Crippen LogP contribution is -1.91. The Balaban J connectivity index is 1.25. The zero-order valence-electron chi connectivity index (χ0n) is 19.9. The van der Waals surface area contributed by atoms with Gasteiger partial charge in [0.1, 0.15) is 0 Å². The Morgan fingerprint density at radius 3 is 1.25 bits per heavy atom. The van der Waals surface area contributed by atoms with Gasteiger partial charge >= 0.3 is 0 Å². The number of allylic oxidation sites excluding steroid dienone is 8. The molecule has 4 rings (SSSR count). The van der Waals surface area contributed by atoms with Gasteiger partial charge in [-0.25, -0.2) is 0 Å². The molecule has 170 valence electrons. The van der Waals surface area contributed by atoms with Crippen LogP contribution in [0.15, 0.2) is 59.7 Å². The fraction of sp³-hybridized carbons (Fsp3) is 0.467. The highest BCUT2D eigenvalue weighted by Gasteiger charge is 2.16. The number of aryl methyl sites for hydroxylation is 4. The quantitative estimate of drug-likeness (QED) is 0.231. The van der Waals surface area contributed by atoms with Crippen molar-refractivity contribution in [3.8, 4) is 9.75 Å². The first-order chi connectivity index (χ1) is 15.7. The van der Waals surface area contributed by atoms with Gasteiger partial charge in [-0.05, 0) is 99.6 Å². The lowest BCUT2D eigenvalue weighted by molar-refractivity contribution is 0.640. The second kappa shape index (κ2) is 12.0. The summed E-state index contributed by atoms with van der Waals surface area (Å²) in [5.41, 5.74) is 6.27. The van der Waals surface area contributed by atoms with Crippen LogP contribution in [-0.2, 0) is 12.8 Å². The molecule has 0 aromatic carbocycles. The Hall–Kier alpha value is -1.64. The molecule has 0 nitrogen and oxygen atoms in total. The van der Waals surface area contributed by atoms with E-state index in [4.69, 9.17) is 0 Å². The van der Waals surface area contributed by atoms with Gasteiger partial charge in [-0.3, -0.25) is 0 Å². The first kappa shape index (κ1) is 23.5. The summed E-state index contributed by atoms with van der Waals surface area (Å²) in [6.45, 7) is 4.56. The Morgan fingerprint density at radius 1 is 0.531 bits per heavy atom. The predicted molar refractivity (Wildman–Crippen MR) is 145 cm³/mol. The molecule has 32 heavy (non-hydrogen) atoms. The van der Waals surface area contributed by atoms with E-state index in [0.717, 1.165) is 0 Å². The van der Waals surface area contributed by atoms with Crippen LogP contribution < -0.4 is 0 Å². The van der Waals surface area contributed by atoms with Crippen LogP contribution in [0.1, 0.15) is 85.1 Å². The van der Waals surface area contributed by atoms with E-state index >= 15 is 0 Å². The zero-order valence-corrected chi connectivity index (χ0v) is 21.6. The van der Waals surface area contributed by atoms with Crippen LogP contribution in [0.2, 0.25) is 0 Å². The van der Waals surface area contributed by atoms with Crippen molar-refractivity contribution in [1.29, 1.82) is 0 Å². The highest BCUT2D eigenvalue weighted by Crippen LogP contribution is 2.41. The number of rotatable bonds is 15. The summed E-state index contributed by atoms with van der Waals surface area (Å²) in [7, 11) is 0. The van der Waals surface area contributed by atoms with Gasteiger partial charge in [0.2, 0.25) is 0 Å². The summed E-state index contributed by atoms with van der Waals surface area (Å²) < 4.78 is 0. The van der Waals surface area contributed by atoms with Gasteiger partial charge in [0.15, 0.2) is 0 Å². The number of hydrogen-bond acceptors (Lipinski definition) is 2. The van der Waals surface area contributed by atoms with Crippen molar-refractivity contribution in [2.45, 2.75) is 90.9 Å². The smallest absolute Gasteiger partial charge is 0.0480 e. The first-order valence-electron chi connectivity index (χ1n) is 12.6. The Bertz CT molecular complexity index is 924. The van der Waals surface area contributed by atoms with Gasteiger partial charge in [-0.15, -0.1) is 22.7 Å². The van der Waals surface area contributed by atoms with Crippen LogP contribution in [-0.4, -0.2) is 0 Å². The minimum absolute atomic E-state index is 1.24. The van der Waals surface area contributed by atoms with Gasteiger partial charge in [-0.1, -0.05) is 62.1 Å². The second-order valence-corrected chi connectivity index (χ2v) is 12.0. The lowest BCUT2D eigenvalue weighted by atomic mass is 9.99. The molecule has 2 aliphatic carbocycles. The third-order valence-corrected chi connectivity index (χ3v) is 8.98. The molecule has 0 atom stereocenters. The molecule has 2 aromatic heterocycles. The average molecular weight is 463 g/mol. The molecule has 0 amide bonds. The van der Waals surface area contributed by atoms with Crippen molar-refractivity contribution < 1.29 is 0 Å². The summed E-state index contributed by atoms with van der Waals surface area (Å²) in [6, 6.07) is 4.93. The molecular formula is C30H38S2. The van der Waals surface area contributed by atoms with Crippen molar-refractivity contribution in [3.63, 3.8) is 0 Å². The van der Waals surface area contributed by atoms with Crippen molar-refractivity contribution in [1.82, 2.24) is 0 Å². The van der Waals surface area contributed by atoms with Crippen molar-refractivity contribution in [3.05, 3.63) is 80.6 Å². The topological polar surface area (TPSA) is 0 Å². The van der Waals surface area contributed by atoms with Gasteiger partial charge in [-0.2, -0.15) is 0 Å².